The van der Waals surface area contributed by atoms with Gasteiger partial charge in [-0.15, -0.1) is 0 Å². The maximum Gasteiger partial charge on any atom is 0.340 e. The Hall–Kier alpha value is -1.60. The van der Waals surface area contributed by atoms with Crippen molar-refractivity contribution in [3.05, 3.63) is 18.5 Å². The Kier molecular flexibility index (Phi) is 2.04. The van der Waals surface area contributed by atoms with Gasteiger partial charge in [0.2, 0.25) is 5.82 Å². The fourth-order valence-corrected chi connectivity index (χ4v) is 0.439. The molecule has 1 amide bonds. The fourth-order valence-electron chi connectivity index (χ4n) is 0.439. The zero-order chi connectivity index (χ0) is 8.27. The van der Waals surface area contributed by atoms with Crippen LogP contribution in [0.1, 0.15) is 10.6 Å². The van der Waals surface area contributed by atoms with Crippen molar-refractivity contribution in [2.75, 3.05) is 0 Å². The number of hydrogen-bond donors (Lipinski definition) is 2. The van der Waals surface area contributed by atoms with Gasteiger partial charge >= 0.3 is 5.91 Å². The van der Waals surface area contributed by atoms with E-state index < -0.39 is 11.1 Å². The topological polar surface area (TPSA) is 99.4 Å². The summed E-state index contributed by atoms with van der Waals surface area (Å²) < 4.78 is 0. The van der Waals surface area contributed by atoms with Crippen molar-refractivity contribution < 1.29 is 15.2 Å². The molecule has 0 fully saturated rings. The molecule has 0 spiro atoms. The SMILES string of the molecule is O=C(c1ncncn1)N(O)O. The molecule has 0 aromatic carbocycles. The first kappa shape index (κ1) is 7.51. The smallest absolute Gasteiger partial charge is 0.261 e. The Morgan fingerprint density at radius 2 is 1.91 bits per heavy atom. The third-order valence-electron chi connectivity index (χ3n) is 0.866. The molecule has 1 aromatic rings. The van der Waals surface area contributed by atoms with Gasteiger partial charge in [-0.2, -0.15) is 0 Å². The Morgan fingerprint density at radius 3 is 2.36 bits per heavy atom. The number of hydroxylamine groups is 2. The quantitative estimate of drug-likeness (QED) is 0.403. The highest BCUT2D eigenvalue weighted by Crippen LogP contribution is 1.89. The van der Waals surface area contributed by atoms with E-state index in [9.17, 15) is 4.79 Å². The van der Waals surface area contributed by atoms with Crippen LogP contribution in [0.4, 0.5) is 0 Å². The van der Waals surface area contributed by atoms with Crippen LogP contribution in [-0.4, -0.2) is 36.5 Å². The van der Waals surface area contributed by atoms with Crippen molar-refractivity contribution >= 4 is 5.91 Å². The molecule has 7 heteroatoms. The van der Waals surface area contributed by atoms with Crippen molar-refractivity contribution in [2.24, 2.45) is 0 Å². The molecule has 0 bridgehead atoms. The van der Waals surface area contributed by atoms with E-state index in [-0.39, 0.29) is 5.82 Å². The number of amides is 1. The van der Waals surface area contributed by atoms with E-state index >= 15 is 0 Å². The van der Waals surface area contributed by atoms with E-state index in [1.54, 1.807) is 0 Å². The standard InChI is InChI=1S/C4H4N4O3/c9-4(8(10)11)3-6-1-5-2-7-3/h1-2,10-11H. The molecule has 1 rings (SSSR count). The van der Waals surface area contributed by atoms with Gasteiger partial charge in [-0.25, -0.2) is 15.0 Å². The van der Waals surface area contributed by atoms with Gasteiger partial charge in [-0.1, -0.05) is 5.23 Å². The fraction of sp³-hybridized carbons (Fsp3) is 0. The second-order valence-corrected chi connectivity index (χ2v) is 1.56. The van der Waals surface area contributed by atoms with Crippen molar-refractivity contribution in [3.63, 3.8) is 0 Å². The molecule has 0 saturated carbocycles. The third kappa shape index (κ3) is 1.66. The maximum absolute atomic E-state index is 10.6. The van der Waals surface area contributed by atoms with Crippen molar-refractivity contribution in [3.8, 4) is 0 Å². The second-order valence-electron chi connectivity index (χ2n) is 1.56. The summed E-state index contributed by atoms with van der Waals surface area (Å²) in [4.78, 5) is 20.8. The number of carbonyl (C=O) groups is 1. The molecular formula is C4H4N4O3. The molecule has 0 radical (unpaired) electrons. The normalized spacial score (nSPS) is 9.27. The third-order valence-corrected chi connectivity index (χ3v) is 0.866. The van der Waals surface area contributed by atoms with Crippen LogP contribution in [0.15, 0.2) is 12.7 Å². The highest BCUT2D eigenvalue weighted by Gasteiger charge is 2.13. The van der Waals surface area contributed by atoms with Crippen molar-refractivity contribution in [1.82, 2.24) is 20.2 Å². The number of carbonyl (C=O) groups excluding carboxylic acids is 1. The zero-order valence-corrected chi connectivity index (χ0v) is 5.25. The average molecular weight is 156 g/mol. The molecule has 58 valence electrons. The largest absolute Gasteiger partial charge is 0.340 e. The van der Waals surface area contributed by atoms with E-state index in [4.69, 9.17) is 10.4 Å². The molecule has 2 N–H and O–H groups in total. The van der Waals surface area contributed by atoms with Crippen LogP contribution in [0.25, 0.3) is 0 Å². The Morgan fingerprint density at radius 1 is 1.36 bits per heavy atom. The Bertz CT molecular complexity index is 249. The van der Waals surface area contributed by atoms with E-state index in [1.807, 2.05) is 0 Å². The van der Waals surface area contributed by atoms with Gasteiger partial charge < -0.3 is 0 Å². The van der Waals surface area contributed by atoms with Crippen LogP contribution in [0.3, 0.4) is 0 Å². The Labute approximate surface area is 60.9 Å². The molecule has 7 nitrogen and oxygen atoms in total. The summed E-state index contributed by atoms with van der Waals surface area (Å²) in [5, 5.41) is 15.8. The summed E-state index contributed by atoms with van der Waals surface area (Å²) in [6.45, 7) is 0. The first-order chi connectivity index (χ1) is 5.22. The first-order valence-corrected chi connectivity index (χ1v) is 2.56. The van der Waals surface area contributed by atoms with Gasteiger partial charge in [0, 0.05) is 0 Å². The second kappa shape index (κ2) is 2.99. The van der Waals surface area contributed by atoms with Crippen molar-refractivity contribution in [1.29, 1.82) is 0 Å². The minimum absolute atomic E-state index is 0.329. The van der Waals surface area contributed by atoms with Gasteiger partial charge in [0.25, 0.3) is 0 Å². The lowest BCUT2D eigenvalue weighted by Crippen LogP contribution is -2.25. The lowest BCUT2D eigenvalue weighted by Gasteiger charge is -2.01. The molecule has 1 heterocycles. The molecule has 1 aromatic heterocycles. The minimum atomic E-state index is -1.10. The molecule has 0 atom stereocenters. The average Bonchev–Trinajstić information content (AvgIpc) is 2.05. The summed E-state index contributed by atoms with van der Waals surface area (Å²) in [5.41, 5.74) is 0. The van der Waals surface area contributed by atoms with Crippen LogP contribution in [-0.2, 0) is 0 Å². The number of hydrogen-bond acceptors (Lipinski definition) is 6. The van der Waals surface area contributed by atoms with E-state index in [0.717, 1.165) is 12.7 Å². The van der Waals surface area contributed by atoms with Gasteiger partial charge in [-0.05, 0) is 0 Å². The molecule has 0 aliphatic rings. The minimum Gasteiger partial charge on any atom is -0.261 e. The van der Waals surface area contributed by atoms with E-state index in [1.165, 1.54) is 0 Å². The zero-order valence-electron chi connectivity index (χ0n) is 5.25. The maximum atomic E-state index is 10.6. The summed E-state index contributed by atoms with van der Waals surface area (Å²) in [7, 11) is 0. The first-order valence-electron chi connectivity index (χ1n) is 2.56. The van der Waals surface area contributed by atoms with Crippen LogP contribution >= 0.6 is 0 Å². The highest BCUT2D eigenvalue weighted by molar-refractivity contribution is 5.88. The molecule has 0 unspecified atom stereocenters. The number of nitrogens with zero attached hydrogens (tertiary/aromatic N) is 4. The monoisotopic (exact) mass is 156 g/mol. The summed E-state index contributed by atoms with van der Waals surface area (Å²) in [5.74, 6) is -1.43. The summed E-state index contributed by atoms with van der Waals surface area (Å²) in [6.07, 6.45) is 2.15. The highest BCUT2D eigenvalue weighted by atomic mass is 16.8. The van der Waals surface area contributed by atoms with Crippen LogP contribution in [0.2, 0.25) is 0 Å². The summed E-state index contributed by atoms with van der Waals surface area (Å²) >= 11 is 0. The molecule has 0 aliphatic carbocycles. The molecular weight excluding hydrogens is 152 g/mol. The van der Waals surface area contributed by atoms with E-state index in [0.29, 0.717) is 0 Å². The van der Waals surface area contributed by atoms with Crippen molar-refractivity contribution in [2.45, 2.75) is 0 Å². The lowest BCUT2D eigenvalue weighted by atomic mass is 10.6. The summed E-state index contributed by atoms with van der Waals surface area (Å²) in [6, 6.07) is 0. The Balaban J connectivity index is 2.86. The number of rotatable bonds is 1. The van der Waals surface area contributed by atoms with Crippen LogP contribution in [0.5, 0.6) is 0 Å². The van der Waals surface area contributed by atoms with Crippen LogP contribution < -0.4 is 0 Å². The molecule has 0 saturated heterocycles. The molecule has 0 aliphatic heterocycles. The number of aromatic nitrogens is 3. The lowest BCUT2D eigenvalue weighted by molar-refractivity contribution is -0.260. The van der Waals surface area contributed by atoms with Crippen LogP contribution in [0, 0.1) is 0 Å². The van der Waals surface area contributed by atoms with Gasteiger partial charge in [0.15, 0.2) is 0 Å². The van der Waals surface area contributed by atoms with E-state index in [2.05, 4.69) is 15.0 Å². The van der Waals surface area contributed by atoms with Gasteiger partial charge in [0.05, 0.1) is 0 Å². The predicted octanol–water partition coefficient (Wildman–Crippen LogP) is -0.908. The predicted molar refractivity (Wildman–Crippen MR) is 29.6 cm³/mol. The molecule has 11 heavy (non-hydrogen) atoms. The van der Waals surface area contributed by atoms with Gasteiger partial charge in [0.1, 0.15) is 12.7 Å². The van der Waals surface area contributed by atoms with Gasteiger partial charge in [-0.3, -0.25) is 15.2 Å².